The van der Waals surface area contributed by atoms with Gasteiger partial charge in [-0.3, -0.25) is 0 Å². The first-order valence-electron chi connectivity index (χ1n) is 2.81. The number of halogens is 5. The van der Waals surface area contributed by atoms with Gasteiger partial charge < -0.3 is 0 Å². The summed E-state index contributed by atoms with van der Waals surface area (Å²) in [6, 6.07) is 0. The number of pyridine rings is 1. The summed E-state index contributed by atoms with van der Waals surface area (Å²) in [5.74, 6) is -3.13. The first-order valence-corrected chi connectivity index (χ1v) is 3.61. The van der Waals surface area contributed by atoms with Crippen LogP contribution in [-0.4, -0.2) is 4.98 Å². The maximum atomic E-state index is 12.6. The van der Waals surface area contributed by atoms with Crippen LogP contribution in [0.5, 0.6) is 0 Å². The number of nitrogens with zero attached hydrogens (tertiary/aromatic N) is 1. The van der Waals surface area contributed by atoms with Crippen LogP contribution in [0.15, 0.2) is 10.7 Å². The summed E-state index contributed by atoms with van der Waals surface area (Å²) in [6.07, 6.45) is -2.27. The van der Waals surface area contributed by atoms with E-state index < -0.39 is 23.8 Å². The molecule has 0 radical (unpaired) electrons. The van der Waals surface area contributed by atoms with Crippen LogP contribution in [0.4, 0.5) is 17.6 Å². The number of hydrogen-bond acceptors (Lipinski definition) is 1. The molecule has 12 heavy (non-hydrogen) atoms. The molecule has 1 nitrogen and oxygen atoms in total. The van der Waals surface area contributed by atoms with Gasteiger partial charge in [0, 0.05) is 10.7 Å². The SMILES string of the molecule is Fc1ncc(Br)c(C(F)F)c1F. The summed E-state index contributed by atoms with van der Waals surface area (Å²) in [6.45, 7) is 0. The standard InChI is InChI=1S/C6H2BrF4N/c7-2-1-12-6(11)4(8)3(2)5(9)10/h1,5H. The second-order valence-corrected chi connectivity index (χ2v) is 2.78. The molecular weight excluding hydrogens is 242 g/mol. The van der Waals surface area contributed by atoms with Crippen molar-refractivity contribution in [1.29, 1.82) is 0 Å². The van der Waals surface area contributed by atoms with E-state index in [-0.39, 0.29) is 4.47 Å². The lowest BCUT2D eigenvalue weighted by Gasteiger charge is -2.03. The second-order valence-electron chi connectivity index (χ2n) is 1.93. The second kappa shape index (κ2) is 3.38. The molecule has 0 aliphatic heterocycles. The van der Waals surface area contributed by atoms with E-state index in [2.05, 4.69) is 20.9 Å². The minimum atomic E-state index is -3.06. The topological polar surface area (TPSA) is 12.9 Å². The molecule has 0 amide bonds. The molecule has 1 aromatic heterocycles. The quantitative estimate of drug-likeness (QED) is 0.546. The fraction of sp³-hybridized carbons (Fsp3) is 0.167. The molecule has 0 atom stereocenters. The summed E-state index contributed by atoms with van der Waals surface area (Å²) in [7, 11) is 0. The summed E-state index contributed by atoms with van der Waals surface area (Å²) in [5, 5.41) is 0. The summed E-state index contributed by atoms with van der Waals surface area (Å²) >= 11 is 2.63. The molecule has 0 saturated heterocycles. The van der Waals surface area contributed by atoms with E-state index in [0.29, 0.717) is 0 Å². The molecule has 0 aromatic carbocycles. The highest BCUT2D eigenvalue weighted by molar-refractivity contribution is 9.10. The van der Waals surface area contributed by atoms with Gasteiger partial charge in [-0.15, -0.1) is 0 Å². The van der Waals surface area contributed by atoms with Crippen LogP contribution >= 0.6 is 15.9 Å². The number of hydrogen-bond donors (Lipinski definition) is 0. The highest BCUT2D eigenvalue weighted by atomic mass is 79.9. The molecule has 0 saturated carbocycles. The van der Waals surface area contributed by atoms with Crippen LogP contribution in [0, 0.1) is 11.8 Å². The van der Waals surface area contributed by atoms with Crippen molar-refractivity contribution in [3.05, 3.63) is 28.0 Å². The third-order valence-electron chi connectivity index (χ3n) is 1.18. The maximum absolute atomic E-state index is 12.6. The third-order valence-corrected chi connectivity index (χ3v) is 1.82. The Labute approximate surface area is 73.5 Å². The first kappa shape index (κ1) is 9.44. The van der Waals surface area contributed by atoms with E-state index in [9.17, 15) is 17.6 Å². The van der Waals surface area contributed by atoms with Crippen molar-refractivity contribution in [2.24, 2.45) is 0 Å². The van der Waals surface area contributed by atoms with Crippen LogP contribution in [0.1, 0.15) is 12.0 Å². The van der Waals surface area contributed by atoms with Crippen LogP contribution < -0.4 is 0 Å². The minimum absolute atomic E-state index is 0.239. The van der Waals surface area contributed by atoms with Crippen LogP contribution in [0.3, 0.4) is 0 Å². The van der Waals surface area contributed by atoms with Gasteiger partial charge in [-0.05, 0) is 15.9 Å². The predicted molar refractivity (Wildman–Crippen MR) is 36.8 cm³/mol. The molecule has 0 aliphatic carbocycles. The van der Waals surface area contributed by atoms with E-state index >= 15 is 0 Å². The monoisotopic (exact) mass is 243 g/mol. The highest BCUT2D eigenvalue weighted by Crippen LogP contribution is 2.29. The average Bonchev–Trinajstić information content (AvgIpc) is 1.97. The molecule has 0 unspecified atom stereocenters. The lowest BCUT2D eigenvalue weighted by atomic mass is 10.2. The molecular formula is C6H2BrF4N. The van der Waals surface area contributed by atoms with E-state index in [1.807, 2.05) is 0 Å². The van der Waals surface area contributed by atoms with Crippen LogP contribution in [-0.2, 0) is 0 Å². The van der Waals surface area contributed by atoms with Gasteiger partial charge in [-0.25, -0.2) is 18.2 Å². The molecule has 6 heteroatoms. The highest BCUT2D eigenvalue weighted by Gasteiger charge is 2.21. The van der Waals surface area contributed by atoms with E-state index in [4.69, 9.17) is 0 Å². The largest absolute Gasteiger partial charge is 0.267 e. The molecule has 1 heterocycles. The zero-order valence-corrected chi connectivity index (χ0v) is 7.08. The van der Waals surface area contributed by atoms with Crippen molar-refractivity contribution in [1.82, 2.24) is 4.98 Å². The van der Waals surface area contributed by atoms with Crippen LogP contribution in [0.25, 0.3) is 0 Å². The molecule has 0 N–H and O–H groups in total. The Morgan fingerprint density at radius 3 is 2.33 bits per heavy atom. The van der Waals surface area contributed by atoms with Crippen molar-refractivity contribution in [3.63, 3.8) is 0 Å². The maximum Gasteiger partial charge on any atom is 0.267 e. The van der Waals surface area contributed by atoms with Crippen molar-refractivity contribution in [3.8, 4) is 0 Å². The summed E-state index contributed by atoms with van der Waals surface area (Å²) in [4.78, 5) is 2.90. The molecule has 0 aliphatic rings. The van der Waals surface area contributed by atoms with Gasteiger partial charge in [0.1, 0.15) is 0 Å². The van der Waals surface area contributed by atoms with E-state index in [1.165, 1.54) is 0 Å². The molecule has 0 bridgehead atoms. The predicted octanol–water partition coefficient (Wildman–Crippen LogP) is 3.06. The lowest BCUT2D eigenvalue weighted by molar-refractivity contribution is 0.143. The van der Waals surface area contributed by atoms with Crippen LogP contribution in [0.2, 0.25) is 0 Å². The fourth-order valence-electron chi connectivity index (χ4n) is 0.656. The summed E-state index contributed by atoms with van der Waals surface area (Å²) in [5.41, 5.74) is -0.998. The minimum Gasteiger partial charge on any atom is -0.225 e. The molecule has 0 fully saturated rings. The Kier molecular flexibility index (Phi) is 2.66. The normalized spacial score (nSPS) is 10.8. The summed E-state index contributed by atoms with van der Waals surface area (Å²) < 4.78 is 48.6. The van der Waals surface area contributed by atoms with Gasteiger partial charge in [0.05, 0.1) is 5.56 Å². The Hall–Kier alpha value is -0.650. The number of aromatic nitrogens is 1. The van der Waals surface area contributed by atoms with E-state index in [0.717, 1.165) is 6.20 Å². The van der Waals surface area contributed by atoms with Gasteiger partial charge in [0.15, 0.2) is 5.82 Å². The molecule has 1 aromatic rings. The van der Waals surface area contributed by atoms with Gasteiger partial charge >= 0.3 is 0 Å². The average molecular weight is 244 g/mol. The van der Waals surface area contributed by atoms with Crippen molar-refractivity contribution < 1.29 is 17.6 Å². The van der Waals surface area contributed by atoms with Crippen molar-refractivity contribution >= 4 is 15.9 Å². The lowest BCUT2D eigenvalue weighted by Crippen LogP contribution is -1.98. The Morgan fingerprint density at radius 2 is 1.92 bits per heavy atom. The van der Waals surface area contributed by atoms with E-state index in [1.54, 1.807) is 0 Å². The third kappa shape index (κ3) is 1.57. The zero-order valence-electron chi connectivity index (χ0n) is 5.49. The van der Waals surface area contributed by atoms with Gasteiger partial charge in [-0.2, -0.15) is 4.39 Å². The Morgan fingerprint density at radius 1 is 1.33 bits per heavy atom. The Balaban J connectivity index is 3.33. The number of rotatable bonds is 1. The van der Waals surface area contributed by atoms with Gasteiger partial charge in [0.25, 0.3) is 6.43 Å². The molecule has 1 rings (SSSR count). The number of alkyl halides is 2. The zero-order chi connectivity index (χ0) is 9.30. The smallest absolute Gasteiger partial charge is 0.225 e. The van der Waals surface area contributed by atoms with Gasteiger partial charge in [-0.1, -0.05) is 0 Å². The van der Waals surface area contributed by atoms with Crippen molar-refractivity contribution in [2.45, 2.75) is 6.43 Å². The molecule has 66 valence electrons. The Bertz CT molecular complexity index is 302. The first-order chi connectivity index (χ1) is 5.54. The molecule has 0 spiro atoms. The fourth-order valence-corrected chi connectivity index (χ4v) is 1.11. The van der Waals surface area contributed by atoms with Gasteiger partial charge in [0.2, 0.25) is 5.95 Å². The van der Waals surface area contributed by atoms with Crippen molar-refractivity contribution in [2.75, 3.05) is 0 Å².